The Balaban J connectivity index is 1.66. The van der Waals surface area contributed by atoms with Crippen molar-refractivity contribution in [2.24, 2.45) is 0 Å². The molecule has 2 aromatic heterocycles. The minimum absolute atomic E-state index is 0.125. The Morgan fingerprint density at radius 2 is 2.33 bits per heavy atom. The van der Waals surface area contributed by atoms with Gasteiger partial charge in [0.15, 0.2) is 0 Å². The van der Waals surface area contributed by atoms with Crippen molar-refractivity contribution in [2.45, 2.75) is 44.4 Å². The zero-order valence-corrected chi connectivity index (χ0v) is 10.4. The van der Waals surface area contributed by atoms with Crippen LogP contribution in [0.3, 0.4) is 0 Å². The van der Waals surface area contributed by atoms with E-state index in [1.54, 1.807) is 0 Å². The average molecular weight is 245 g/mol. The third-order valence-corrected chi connectivity index (χ3v) is 3.73. The van der Waals surface area contributed by atoms with Crippen LogP contribution in [0.5, 0.6) is 0 Å². The number of fused-ring (bicyclic) bond motifs is 1. The summed E-state index contributed by atoms with van der Waals surface area (Å²) in [6.45, 7) is 0.824. The molecule has 1 aliphatic carbocycles. The third-order valence-electron chi connectivity index (χ3n) is 3.73. The zero-order valence-electron chi connectivity index (χ0n) is 10.4. The van der Waals surface area contributed by atoms with Gasteiger partial charge in [0.25, 0.3) is 0 Å². The quantitative estimate of drug-likeness (QED) is 0.865. The lowest BCUT2D eigenvalue weighted by Gasteiger charge is -2.26. The molecule has 2 unspecified atom stereocenters. The van der Waals surface area contributed by atoms with Crippen LogP contribution >= 0.6 is 0 Å². The van der Waals surface area contributed by atoms with Crippen molar-refractivity contribution in [2.75, 3.05) is 0 Å². The van der Waals surface area contributed by atoms with Gasteiger partial charge >= 0.3 is 0 Å². The van der Waals surface area contributed by atoms with Crippen LogP contribution in [0.2, 0.25) is 0 Å². The van der Waals surface area contributed by atoms with Gasteiger partial charge in [-0.2, -0.15) is 5.10 Å². The Hall–Kier alpha value is -1.39. The second-order valence-electron chi connectivity index (χ2n) is 5.10. The van der Waals surface area contributed by atoms with Gasteiger partial charge in [-0.05, 0) is 37.8 Å². The van der Waals surface area contributed by atoms with E-state index in [1.807, 2.05) is 29.0 Å². The maximum absolute atomic E-state index is 9.65. The Morgan fingerprint density at radius 3 is 3.22 bits per heavy atom. The van der Waals surface area contributed by atoms with E-state index in [9.17, 15) is 5.11 Å². The maximum atomic E-state index is 9.65. The molecule has 4 heteroatoms. The summed E-state index contributed by atoms with van der Waals surface area (Å²) in [6.07, 6.45) is 7.86. The van der Waals surface area contributed by atoms with Crippen molar-refractivity contribution in [1.29, 1.82) is 0 Å². The standard InChI is InChI=1S/C14H19N3O/c18-13-5-3-4-12(8-13)15-9-11-10-16-17-7-2-1-6-14(11)17/h1-2,6-7,10,12-13,15,18H,3-5,8-9H2. The topological polar surface area (TPSA) is 49.6 Å². The van der Waals surface area contributed by atoms with Gasteiger partial charge < -0.3 is 10.4 Å². The summed E-state index contributed by atoms with van der Waals surface area (Å²) in [5.41, 5.74) is 2.37. The van der Waals surface area contributed by atoms with Crippen molar-refractivity contribution < 1.29 is 5.11 Å². The fraction of sp³-hybridized carbons (Fsp3) is 0.500. The largest absolute Gasteiger partial charge is 0.393 e. The van der Waals surface area contributed by atoms with Gasteiger partial charge in [0.2, 0.25) is 0 Å². The van der Waals surface area contributed by atoms with Gasteiger partial charge in [-0.3, -0.25) is 0 Å². The van der Waals surface area contributed by atoms with Crippen LogP contribution < -0.4 is 5.32 Å². The molecule has 2 heterocycles. The van der Waals surface area contributed by atoms with Crippen molar-refractivity contribution in [1.82, 2.24) is 14.9 Å². The number of hydrogen-bond donors (Lipinski definition) is 2. The van der Waals surface area contributed by atoms with Crippen molar-refractivity contribution in [3.8, 4) is 0 Å². The van der Waals surface area contributed by atoms with E-state index in [1.165, 1.54) is 5.56 Å². The van der Waals surface area contributed by atoms with E-state index < -0.39 is 0 Å². The highest BCUT2D eigenvalue weighted by atomic mass is 16.3. The van der Waals surface area contributed by atoms with Crippen LogP contribution in [-0.2, 0) is 6.54 Å². The van der Waals surface area contributed by atoms with E-state index in [2.05, 4.69) is 16.5 Å². The number of aliphatic hydroxyl groups excluding tert-OH is 1. The van der Waals surface area contributed by atoms with Crippen LogP contribution in [0.4, 0.5) is 0 Å². The smallest absolute Gasteiger partial charge is 0.0706 e. The molecule has 0 spiro atoms. The third kappa shape index (κ3) is 2.40. The normalized spacial score (nSPS) is 24.5. The predicted octanol–water partition coefficient (Wildman–Crippen LogP) is 1.73. The minimum atomic E-state index is -0.125. The number of hydrogen-bond acceptors (Lipinski definition) is 3. The van der Waals surface area contributed by atoms with Gasteiger partial charge in [-0.25, -0.2) is 4.52 Å². The monoisotopic (exact) mass is 245 g/mol. The first kappa shape index (κ1) is 11.7. The molecule has 0 aliphatic heterocycles. The van der Waals surface area contributed by atoms with Crippen molar-refractivity contribution in [3.05, 3.63) is 36.2 Å². The number of rotatable bonds is 3. The molecule has 1 aliphatic rings. The van der Waals surface area contributed by atoms with E-state index >= 15 is 0 Å². The Morgan fingerprint density at radius 1 is 1.39 bits per heavy atom. The number of nitrogens with one attached hydrogen (secondary N) is 1. The molecule has 0 aromatic carbocycles. The molecule has 0 bridgehead atoms. The van der Waals surface area contributed by atoms with Crippen molar-refractivity contribution in [3.63, 3.8) is 0 Å². The first-order valence-electron chi connectivity index (χ1n) is 6.65. The summed E-state index contributed by atoms with van der Waals surface area (Å²) in [4.78, 5) is 0. The fourth-order valence-electron chi connectivity index (χ4n) is 2.73. The Labute approximate surface area is 107 Å². The summed E-state index contributed by atoms with van der Waals surface area (Å²) in [5, 5.41) is 17.5. The lowest BCUT2D eigenvalue weighted by Crippen LogP contribution is -2.35. The molecule has 2 aromatic rings. The Kier molecular flexibility index (Phi) is 3.30. The summed E-state index contributed by atoms with van der Waals surface area (Å²) in [7, 11) is 0. The van der Waals surface area contributed by atoms with E-state index in [4.69, 9.17) is 0 Å². The zero-order chi connectivity index (χ0) is 12.4. The predicted molar refractivity (Wildman–Crippen MR) is 70.3 cm³/mol. The molecule has 1 fully saturated rings. The highest BCUT2D eigenvalue weighted by Crippen LogP contribution is 2.19. The summed E-state index contributed by atoms with van der Waals surface area (Å²) < 4.78 is 1.90. The molecule has 3 rings (SSSR count). The van der Waals surface area contributed by atoms with Gasteiger partial charge in [0.05, 0.1) is 17.8 Å². The highest BCUT2D eigenvalue weighted by molar-refractivity contribution is 5.53. The second kappa shape index (κ2) is 5.08. The van der Waals surface area contributed by atoms with Crippen molar-refractivity contribution >= 4 is 5.52 Å². The van der Waals surface area contributed by atoms with Gasteiger partial charge in [-0.1, -0.05) is 6.07 Å². The molecule has 4 nitrogen and oxygen atoms in total. The summed E-state index contributed by atoms with van der Waals surface area (Å²) >= 11 is 0. The van der Waals surface area contributed by atoms with Crippen LogP contribution in [0.1, 0.15) is 31.2 Å². The highest BCUT2D eigenvalue weighted by Gasteiger charge is 2.19. The van der Waals surface area contributed by atoms with Crippen LogP contribution in [0.15, 0.2) is 30.6 Å². The number of aliphatic hydroxyl groups is 1. The molecule has 0 saturated heterocycles. The van der Waals surface area contributed by atoms with E-state index in [0.29, 0.717) is 6.04 Å². The first-order chi connectivity index (χ1) is 8.83. The number of nitrogens with zero attached hydrogens (tertiary/aromatic N) is 2. The molecule has 2 atom stereocenters. The molecule has 2 N–H and O–H groups in total. The first-order valence-corrected chi connectivity index (χ1v) is 6.65. The maximum Gasteiger partial charge on any atom is 0.0706 e. The fourth-order valence-corrected chi connectivity index (χ4v) is 2.73. The van der Waals surface area contributed by atoms with Crippen LogP contribution in [0, 0.1) is 0 Å². The molecule has 0 radical (unpaired) electrons. The number of aromatic nitrogens is 2. The molecular formula is C14H19N3O. The lowest BCUT2D eigenvalue weighted by molar-refractivity contribution is 0.111. The molecule has 18 heavy (non-hydrogen) atoms. The lowest BCUT2D eigenvalue weighted by atomic mass is 9.93. The van der Waals surface area contributed by atoms with Gasteiger partial charge in [-0.15, -0.1) is 0 Å². The molecular weight excluding hydrogens is 226 g/mol. The molecule has 96 valence electrons. The van der Waals surface area contributed by atoms with Crippen LogP contribution in [0.25, 0.3) is 5.52 Å². The van der Waals surface area contributed by atoms with E-state index in [0.717, 1.165) is 37.7 Å². The SMILES string of the molecule is OC1CCCC(NCc2cnn3ccccc23)C1. The minimum Gasteiger partial charge on any atom is -0.393 e. The Bertz CT molecular complexity index is 522. The van der Waals surface area contributed by atoms with Crippen LogP contribution in [-0.4, -0.2) is 26.9 Å². The second-order valence-corrected chi connectivity index (χ2v) is 5.10. The molecule has 1 saturated carbocycles. The summed E-state index contributed by atoms with van der Waals surface area (Å²) in [6, 6.07) is 6.53. The average Bonchev–Trinajstić information content (AvgIpc) is 2.80. The van der Waals surface area contributed by atoms with Gasteiger partial charge in [0, 0.05) is 24.3 Å². The molecule has 0 amide bonds. The summed E-state index contributed by atoms with van der Waals surface area (Å²) in [5.74, 6) is 0. The number of pyridine rings is 1. The van der Waals surface area contributed by atoms with Gasteiger partial charge in [0.1, 0.15) is 0 Å². The van der Waals surface area contributed by atoms with E-state index in [-0.39, 0.29) is 6.10 Å².